The molecule has 0 radical (unpaired) electrons. The van der Waals surface area contributed by atoms with Crippen LogP contribution in [0.15, 0.2) is 72.8 Å². The molecule has 2 amide bonds. The summed E-state index contributed by atoms with van der Waals surface area (Å²) < 4.78 is 0. The van der Waals surface area contributed by atoms with Crippen molar-refractivity contribution in [1.82, 2.24) is 5.32 Å². The van der Waals surface area contributed by atoms with Crippen molar-refractivity contribution in [2.45, 2.75) is 50.6 Å². The van der Waals surface area contributed by atoms with Crippen LogP contribution < -0.4 is 10.2 Å². The van der Waals surface area contributed by atoms with E-state index in [4.69, 9.17) is 0 Å². The average Bonchev–Trinajstić information content (AvgIpc) is 3.14. The number of nitro benzene ring substituents is 1. The van der Waals surface area contributed by atoms with Crippen molar-refractivity contribution in [3.8, 4) is 0 Å². The van der Waals surface area contributed by atoms with Crippen molar-refractivity contribution < 1.29 is 14.5 Å². The zero-order valence-electron chi connectivity index (χ0n) is 19.6. The van der Waals surface area contributed by atoms with Crippen LogP contribution in [-0.2, 0) is 10.3 Å². The maximum absolute atomic E-state index is 14.4. The number of nitrogens with one attached hydrogen (secondary N) is 1. The highest BCUT2D eigenvalue weighted by molar-refractivity contribution is 6.19. The average molecular weight is 470 g/mol. The van der Waals surface area contributed by atoms with E-state index in [1.807, 2.05) is 49.4 Å². The Hall–Kier alpha value is -4.00. The van der Waals surface area contributed by atoms with Crippen molar-refractivity contribution in [3.05, 3.63) is 105 Å². The first kappa shape index (κ1) is 22.8. The van der Waals surface area contributed by atoms with Gasteiger partial charge in [-0.1, -0.05) is 67.3 Å². The second-order valence-electron chi connectivity index (χ2n) is 9.35. The summed E-state index contributed by atoms with van der Waals surface area (Å²) in [7, 11) is 0. The molecule has 1 fully saturated rings. The number of nitro groups is 1. The Morgan fingerprint density at radius 1 is 1.00 bits per heavy atom. The van der Waals surface area contributed by atoms with Crippen molar-refractivity contribution >= 4 is 23.2 Å². The highest BCUT2D eigenvalue weighted by Crippen LogP contribution is 2.48. The number of carbonyl (C=O) groups is 2. The quantitative estimate of drug-likeness (QED) is 0.408. The van der Waals surface area contributed by atoms with Gasteiger partial charge in [0.15, 0.2) is 5.54 Å². The van der Waals surface area contributed by atoms with E-state index in [0.717, 1.165) is 37.7 Å². The summed E-state index contributed by atoms with van der Waals surface area (Å²) in [4.78, 5) is 40.9. The van der Waals surface area contributed by atoms with E-state index in [2.05, 4.69) is 5.32 Å². The van der Waals surface area contributed by atoms with E-state index in [9.17, 15) is 19.7 Å². The van der Waals surface area contributed by atoms with Crippen molar-refractivity contribution in [1.29, 1.82) is 0 Å². The number of para-hydroxylation sites is 1. The van der Waals surface area contributed by atoms with Gasteiger partial charge in [-0.2, -0.15) is 0 Å². The van der Waals surface area contributed by atoms with Gasteiger partial charge in [-0.25, -0.2) is 0 Å². The first-order valence-corrected chi connectivity index (χ1v) is 12.0. The first-order chi connectivity index (χ1) is 16.9. The number of anilines is 1. The number of benzene rings is 3. The Kier molecular flexibility index (Phi) is 5.84. The predicted molar refractivity (Wildman–Crippen MR) is 133 cm³/mol. The van der Waals surface area contributed by atoms with E-state index in [-0.39, 0.29) is 23.2 Å². The molecule has 3 aromatic rings. The maximum Gasteiger partial charge on any atom is 0.270 e. The van der Waals surface area contributed by atoms with Crippen LogP contribution in [0.5, 0.6) is 0 Å². The van der Waals surface area contributed by atoms with Gasteiger partial charge in [0.25, 0.3) is 17.5 Å². The van der Waals surface area contributed by atoms with E-state index in [1.54, 1.807) is 18.2 Å². The number of fused-ring (bicyclic) bond motifs is 1. The van der Waals surface area contributed by atoms with E-state index >= 15 is 0 Å². The fourth-order valence-corrected chi connectivity index (χ4v) is 5.39. The fraction of sp³-hybridized carbons (Fsp3) is 0.286. The van der Waals surface area contributed by atoms with Crippen LogP contribution in [-0.4, -0.2) is 22.8 Å². The van der Waals surface area contributed by atoms with Gasteiger partial charge in [0, 0.05) is 29.4 Å². The van der Waals surface area contributed by atoms with Gasteiger partial charge >= 0.3 is 0 Å². The van der Waals surface area contributed by atoms with Gasteiger partial charge < -0.3 is 5.32 Å². The smallest absolute Gasteiger partial charge is 0.270 e. The summed E-state index contributed by atoms with van der Waals surface area (Å²) in [5.74, 6) is -0.729. The number of hydrogen-bond donors (Lipinski definition) is 1. The van der Waals surface area contributed by atoms with E-state index in [1.165, 1.54) is 17.0 Å². The van der Waals surface area contributed by atoms with Gasteiger partial charge in [-0.15, -0.1) is 0 Å². The lowest BCUT2D eigenvalue weighted by molar-refractivity contribution is -0.384. The molecule has 0 spiro atoms. The SMILES string of the molecule is Cc1ccc(C2(C(=O)NC3CCCCC3)c3ccc([N+](=O)[O-])cc3C(=O)N2c2ccccc2)cc1. The molecule has 7 nitrogen and oxygen atoms in total. The molecule has 178 valence electrons. The Balaban J connectivity index is 1.77. The molecule has 35 heavy (non-hydrogen) atoms. The summed E-state index contributed by atoms with van der Waals surface area (Å²) in [6, 6.07) is 20.9. The lowest BCUT2D eigenvalue weighted by Gasteiger charge is -2.40. The van der Waals surface area contributed by atoms with Crippen LogP contribution in [0.2, 0.25) is 0 Å². The molecule has 2 aliphatic rings. The predicted octanol–water partition coefficient (Wildman–Crippen LogP) is 5.26. The molecule has 1 atom stereocenters. The van der Waals surface area contributed by atoms with Gasteiger partial charge in [-0.3, -0.25) is 24.6 Å². The zero-order valence-corrected chi connectivity index (χ0v) is 19.6. The van der Waals surface area contributed by atoms with Crippen LogP contribution in [0.25, 0.3) is 0 Å². The molecule has 7 heteroatoms. The number of nitrogens with zero attached hydrogens (tertiary/aromatic N) is 2. The van der Waals surface area contributed by atoms with Crippen LogP contribution in [0.4, 0.5) is 11.4 Å². The van der Waals surface area contributed by atoms with Crippen LogP contribution in [0, 0.1) is 17.0 Å². The van der Waals surface area contributed by atoms with Crippen molar-refractivity contribution in [2.75, 3.05) is 4.90 Å². The summed E-state index contributed by atoms with van der Waals surface area (Å²) in [5.41, 5.74) is 1.16. The zero-order chi connectivity index (χ0) is 24.6. The summed E-state index contributed by atoms with van der Waals surface area (Å²) in [5, 5.41) is 14.8. The third kappa shape index (κ3) is 3.77. The Bertz CT molecular complexity index is 1280. The highest BCUT2D eigenvalue weighted by atomic mass is 16.6. The second kappa shape index (κ2) is 8.98. The normalized spacial score (nSPS) is 19.9. The monoisotopic (exact) mass is 469 g/mol. The van der Waals surface area contributed by atoms with Gasteiger partial charge in [0.2, 0.25) is 0 Å². The second-order valence-corrected chi connectivity index (χ2v) is 9.35. The molecule has 0 bridgehead atoms. The maximum atomic E-state index is 14.4. The highest BCUT2D eigenvalue weighted by Gasteiger charge is 2.57. The largest absolute Gasteiger partial charge is 0.351 e. The van der Waals surface area contributed by atoms with Crippen molar-refractivity contribution in [2.24, 2.45) is 0 Å². The van der Waals surface area contributed by atoms with Crippen LogP contribution in [0.1, 0.15) is 59.2 Å². The molecular formula is C28H27N3O4. The van der Waals surface area contributed by atoms with Crippen molar-refractivity contribution in [3.63, 3.8) is 0 Å². The lowest BCUT2D eigenvalue weighted by atomic mass is 9.80. The number of amides is 2. The number of carbonyl (C=O) groups excluding carboxylic acids is 2. The topological polar surface area (TPSA) is 92.5 Å². The third-order valence-electron chi connectivity index (χ3n) is 7.13. The Labute approximate surface area is 203 Å². The van der Waals surface area contributed by atoms with E-state index < -0.39 is 16.4 Å². The molecule has 0 aromatic heterocycles. The van der Waals surface area contributed by atoms with E-state index in [0.29, 0.717) is 16.8 Å². The minimum absolute atomic E-state index is 0.0217. The minimum atomic E-state index is -1.49. The number of aryl methyl sites for hydroxylation is 1. The molecular weight excluding hydrogens is 442 g/mol. The molecule has 1 heterocycles. The van der Waals surface area contributed by atoms with Gasteiger partial charge in [0.1, 0.15) is 0 Å². The standard InChI is InChI=1S/C28H27N3O4/c1-19-12-14-20(15-13-19)28(27(33)29-21-8-4-2-5-9-21)25-17-16-23(31(34)35)18-24(25)26(32)30(28)22-10-6-3-7-11-22/h3,6-7,10-18,21H,2,4-5,8-9H2,1H3,(H,29,33). The number of non-ortho nitro benzene ring substituents is 1. The molecule has 0 saturated heterocycles. The molecule has 1 aliphatic carbocycles. The van der Waals surface area contributed by atoms with Crippen LogP contribution in [0.3, 0.4) is 0 Å². The summed E-state index contributed by atoms with van der Waals surface area (Å²) in [6.07, 6.45) is 5.03. The van der Waals surface area contributed by atoms with Crippen LogP contribution >= 0.6 is 0 Å². The molecule has 5 rings (SSSR count). The summed E-state index contributed by atoms with van der Waals surface area (Å²) in [6.45, 7) is 1.96. The van der Waals surface area contributed by atoms with Gasteiger partial charge in [-0.05, 0) is 43.5 Å². The molecule has 1 N–H and O–H groups in total. The fourth-order valence-electron chi connectivity index (χ4n) is 5.39. The third-order valence-corrected chi connectivity index (χ3v) is 7.13. The Morgan fingerprint density at radius 3 is 2.34 bits per heavy atom. The Morgan fingerprint density at radius 2 is 1.69 bits per heavy atom. The number of hydrogen-bond acceptors (Lipinski definition) is 4. The van der Waals surface area contributed by atoms with Gasteiger partial charge in [0.05, 0.1) is 10.5 Å². The first-order valence-electron chi connectivity index (χ1n) is 12.0. The molecule has 3 aromatic carbocycles. The molecule has 1 saturated carbocycles. The molecule has 1 unspecified atom stereocenters. The number of rotatable bonds is 5. The minimum Gasteiger partial charge on any atom is -0.351 e. The lowest BCUT2D eigenvalue weighted by Crippen LogP contribution is -2.57. The summed E-state index contributed by atoms with van der Waals surface area (Å²) >= 11 is 0. The molecule has 1 aliphatic heterocycles.